The molecule has 116 valence electrons. The molecule has 0 heterocycles. The van der Waals surface area contributed by atoms with Gasteiger partial charge >= 0.3 is 11.9 Å². The summed E-state index contributed by atoms with van der Waals surface area (Å²) in [4.78, 5) is 23.3. The zero-order valence-corrected chi connectivity index (χ0v) is 13.2. The molecule has 1 aromatic carbocycles. The zero-order chi connectivity index (χ0) is 15.9. The Bertz CT molecular complexity index is 495. The summed E-state index contributed by atoms with van der Waals surface area (Å²) in [6.45, 7) is 3.56. The van der Waals surface area contributed by atoms with Crippen LogP contribution in [0.4, 0.5) is 0 Å². The quantitative estimate of drug-likeness (QED) is 0.451. The van der Waals surface area contributed by atoms with Crippen LogP contribution < -0.4 is 0 Å². The molecule has 0 amide bonds. The van der Waals surface area contributed by atoms with Gasteiger partial charge in [-0.15, -0.1) is 0 Å². The second-order valence-corrected chi connectivity index (χ2v) is 5.33. The van der Waals surface area contributed by atoms with E-state index >= 15 is 0 Å². The van der Waals surface area contributed by atoms with E-state index in [1.165, 1.54) is 0 Å². The van der Waals surface area contributed by atoms with Gasteiger partial charge in [0.25, 0.3) is 0 Å². The molecule has 0 fully saturated rings. The number of carboxylic acids is 1. The number of hydrogen-bond donors (Lipinski definition) is 1. The fraction of sp³-hybridized carbons (Fsp3) is 0.500. The minimum atomic E-state index is -1.43. The molecule has 0 bridgehead atoms. The second kappa shape index (κ2) is 8.03. The highest BCUT2D eigenvalue weighted by Gasteiger charge is 2.44. The topological polar surface area (TPSA) is 63.6 Å². The lowest BCUT2D eigenvalue weighted by atomic mass is 9.82. The summed E-state index contributed by atoms with van der Waals surface area (Å²) in [6, 6.07) is 7.49. The highest BCUT2D eigenvalue weighted by Crippen LogP contribution is 2.28. The number of benzene rings is 1. The van der Waals surface area contributed by atoms with Gasteiger partial charge in [-0.1, -0.05) is 43.6 Å². The maximum atomic E-state index is 12.0. The highest BCUT2D eigenvalue weighted by atomic mass is 35.5. The molecule has 0 aromatic heterocycles. The maximum Gasteiger partial charge on any atom is 0.323 e. The van der Waals surface area contributed by atoms with Crippen LogP contribution in [0.25, 0.3) is 0 Å². The van der Waals surface area contributed by atoms with E-state index in [0.29, 0.717) is 17.9 Å². The molecule has 0 aliphatic carbocycles. The predicted octanol–water partition coefficient (Wildman–Crippen LogP) is 3.71. The van der Waals surface area contributed by atoms with Crippen molar-refractivity contribution in [3.63, 3.8) is 0 Å². The second-order valence-electron chi connectivity index (χ2n) is 4.93. The van der Waals surface area contributed by atoms with Crippen LogP contribution in [-0.2, 0) is 20.7 Å². The van der Waals surface area contributed by atoms with Crippen LogP contribution in [0.3, 0.4) is 0 Å². The van der Waals surface area contributed by atoms with E-state index in [-0.39, 0.29) is 19.4 Å². The Morgan fingerprint density at radius 3 is 2.38 bits per heavy atom. The molecule has 5 heteroatoms. The van der Waals surface area contributed by atoms with E-state index < -0.39 is 17.4 Å². The third-order valence-electron chi connectivity index (χ3n) is 3.79. The van der Waals surface area contributed by atoms with E-state index in [2.05, 4.69) is 0 Å². The van der Waals surface area contributed by atoms with Crippen LogP contribution in [0, 0.1) is 5.41 Å². The summed E-state index contributed by atoms with van der Waals surface area (Å²) < 4.78 is 5.15. The van der Waals surface area contributed by atoms with Gasteiger partial charge in [0.1, 0.15) is 0 Å². The van der Waals surface area contributed by atoms with Crippen LogP contribution in [0.5, 0.6) is 0 Å². The van der Waals surface area contributed by atoms with Crippen molar-refractivity contribution in [2.45, 2.75) is 39.5 Å². The third-order valence-corrected chi connectivity index (χ3v) is 4.16. The lowest BCUT2D eigenvalue weighted by Crippen LogP contribution is -2.39. The number of carbonyl (C=O) groups excluding carboxylic acids is 1. The summed E-state index contributed by atoms with van der Waals surface area (Å²) in [5, 5.41) is 9.93. The summed E-state index contributed by atoms with van der Waals surface area (Å²) in [5.74, 6) is -1.78. The highest BCUT2D eigenvalue weighted by molar-refractivity contribution is 6.31. The van der Waals surface area contributed by atoms with Gasteiger partial charge in [-0.3, -0.25) is 9.59 Å². The minimum Gasteiger partial charge on any atom is -0.480 e. The summed E-state index contributed by atoms with van der Waals surface area (Å²) >= 11 is 6.04. The van der Waals surface area contributed by atoms with E-state index in [4.69, 9.17) is 16.3 Å². The van der Waals surface area contributed by atoms with Crippen LogP contribution >= 0.6 is 11.6 Å². The van der Waals surface area contributed by atoms with Gasteiger partial charge in [-0.05, 0) is 37.3 Å². The number of halogens is 1. The number of carboxylic acid groups (broad SMARTS) is 1. The molecule has 0 spiro atoms. The normalized spacial score (nSPS) is 11.2. The zero-order valence-electron chi connectivity index (χ0n) is 12.4. The lowest BCUT2D eigenvalue weighted by Gasteiger charge is -2.24. The number of carbonyl (C=O) groups is 2. The van der Waals surface area contributed by atoms with Crippen molar-refractivity contribution in [1.29, 1.82) is 0 Å². The van der Waals surface area contributed by atoms with Gasteiger partial charge in [0, 0.05) is 5.02 Å². The Hall–Kier alpha value is -1.55. The van der Waals surface area contributed by atoms with Gasteiger partial charge in [0.2, 0.25) is 0 Å². The molecule has 0 radical (unpaired) electrons. The first-order chi connectivity index (χ1) is 9.97. The molecule has 1 rings (SSSR count). The monoisotopic (exact) mass is 312 g/mol. The van der Waals surface area contributed by atoms with Crippen molar-refractivity contribution in [3.8, 4) is 0 Å². The van der Waals surface area contributed by atoms with E-state index in [0.717, 1.165) is 5.56 Å². The fourth-order valence-corrected chi connectivity index (χ4v) is 2.43. The Kier molecular flexibility index (Phi) is 6.69. The number of aliphatic carboxylic acids is 1. The number of aryl methyl sites for hydroxylation is 1. The predicted molar refractivity (Wildman–Crippen MR) is 81.4 cm³/mol. The largest absolute Gasteiger partial charge is 0.480 e. The molecular weight excluding hydrogens is 292 g/mol. The summed E-state index contributed by atoms with van der Waals surface area (Å²) in [6.07, 6.45) is 1.74. The number of ether oxygens (including phenoxy) is 1. The molecule has 4 nitrogen and oxygen atoms in total. The summed E-state index contributed by atoms with van der Waals surface area (Å²) in [7, 11) is 0. The standard InChI is InChI=1S/C16H21ClO4/c1-3-16(4-2,14(18)19)15(20)21-11-7-9-12-8-5-6-10-13(12)17/h5-6,8,10H,3-4,7,9,11H2,1-2H3,(H,18,19). The van der Waals surface area contributed by atoms with Crippen molar-refractivity contribution in [2.24, 2.45) is 5.41 Å². The van der Waals surface area contributed by atoms with E-state index in [1.807, 2.05) is 24.3 Å². The molecule has 0 atom stereocenters. The van der Waals surface area contributed by atoms with Crippen LogP contribution in [-0.4, -0.2) is 23.7 Å². The molecule has 1 N–H and O–H groups in total. The SMILES string of the molecule is CCC(CC)(C(=O)O)C(=O)OCCCc1ccccc1Cl. The number of hydrogen-bond acceptors (Lipinski definition) is 3. The van der Waals surface area contributed by atoms with Crippen molar-refractivity contribution < 1.29 is 19.4 Å². The van der Waals surface area contributed by atoms with Crippen molar-refractivity contribution in [2.75, 3.05) is 6.61 Å². The van der Waals surface area contributed by atoms with Crippen LogP contribution in [0.15, 0.2) is 24.3 Å². The number of esters is 1. The Morgan fingerprint density at radius 1 is 1.24 bits per heavy atom. The Morgan fingerprint density at radius 2 is 1.86 bits per heavy atom. The first-order valence-electron chi connectivity index (χ1n) is 7.12. The fourth-order valence-electron chi connectivity index (χ4n) is 2.20. The van der Waals surface area contributed by atoms with Crippen molar-refractivity contribution in [1.82, 2.24) is 0 Å². The molecule has 0 aliphatic heterocycles. The van der Waals surface area contributed by atoms with E-state index in [1.54, 1.807) is 13.8 Å². The Balaban J connectivity index is 2.50. The third kappa shape index (κ3) is 4.21. The van der Waals surface area contributed by atoms with Gasteiger partial charge < -0.3 is 9.84 Å². The van der Waals surface area contributed by atoms with Gasteiger partial charge in [-0.2, -0.15) is 0 Å². The minimum absolute atomic E-state index is 0.194. The molecule has 1 aromatic rings. The van der Waals surface area contributed by atoms with Gasteiger partial charge in [0.15, 0.2) is 5.41 Å². The lowest BCUT2D eigenvalue weighted by molar-refractivity contribution is -0.169. The first-order valence-corrected chi connectivity index (χ1v) is 7.49. The molecule has 21 heavy (non-hydrogen) atoms. The van der Waals surface area contributed by atoms with Crippen molar-refractivity contribution >= 4 is 23.5 Å². The smallest absolute Gasteiger partial charge is 0.323 e. The molecule has 0 saturated carbocycles. The first kappa shape index (κ1) is 17.5. The Labute approximate surface area is 130 Å². The molecular formula is C16H21ClO4. The average Bonchev–Trinajstić information content (AvgIpc) is 2.47. The maximum absolute atomic E-state index is 12.0. The van der Waals surface area contributed by atoms with Gasteiger partial charge in [0.05, 0.1) is 6.61 Å². The summed E-state index contributed by atoms with van der Waals surface area (Å²) in [5.41, 5.74) is -0.435. The number of rotatable bonds is 8. The van der Waals surface area contributed by atoms with Crippen LogP contribution in [0.1, 0.15) is 38.7 Å². The molecule has 0 unspecified atom stereocenters. The van der Waals surface area contributed by atoms with Gasteiger partial charge in [-0.25, -0.2) is 0 Å². The molecule has 0 aliphatic rings. The van der Waals surface area contributed by atoms with Crippen LogP contribution in [0.2, 0.25) is 5.02 Å². The molecule has 0 saturated heterocycles. The average molecular weight is 313 g/mol. The van der Waals surface area contributed by atoms with E-state index in [9.17, 15) is 14.7 Å². The van der Waals surface area contributed by atoms with Crippen molar-refractivity contribution in [3.05, 3.63) is 34.9 Å².